The van der Waals surface area contributed by atoms with Crippen molar-refractivity contribution in [3.8, 4) is 0 Å². The fraction of sp³-hybridized carbons (Fsp3) is 0.154. The Labute approximate surface area is 103 Å². The van der Waals surface area contributed by atoms with E-state index >= 15 is 0 Å². The van der Waals surface area contributed by atoms with Gasteiger partial charge in [0.15, 0.2) is 0 Å². The van der Waals surface area contributed by atoms with E-state index in [1.54, 1.807) is 0 Å². The molecule has 0 radical (unpaired) electrons. The van der Waals surface area contributed by atoms with Gasteiger partial charge in [-0.2, -0.15) is 4.98 Å². The first-order chi connectivity index (χ1) is 8.58. The zero-order valence-electron chi connectivity index (χ0n) is 9.83. The molecule has 0 fully saturated rings. The number of rotatable bonds is 3. The molecule has 5 nitrogen and oxygen atoms in total. The summed E-state index contributed by atoms with van der Waals surface area (Å²) in [4.78, 5) is 26.4. The van der Waals surface area contributed by atoms with E-state index in [9.17, 15) is 9.59 Å². The molecule has 0 saturated carbocycles. The molecule has 18 heavy (non-hydrogen) atoms. The first-order valence-corrected chi connectivity index (χ1v) is 5.43. The normalized spacial score (nSPS) is 10.3. The van der Waals surface area contributed by atoms with Crippen molar-refractivity contribution in [2.45, 2.75) is 13.5 Å². The lowest BCUT2D eigenvalue weighted by molar-refractivity contribution is 0.0694. The largest absolute Gasteiger partial charge is 0.478 e. The molecule has 1 heterocycles. The van der Waals surface area contributed by atoms with Gasteiger partial charge < -0.3 is 5.11 Å². The number of hydrogen-bond acceptors (Lipinski definition) is 3. The number of carboxylic acid groups (broad SMARTS) is 1. The van der Waals surface area contributed by atoms with E-state index < -0.39 is 11.7 Å². The highest BCUT2D eigenvalue weighted by Gasteiger charge is 2.11. The summed E-state index contributed by atoms with van der Waals surface area (Å²) in [5, 5.41) is 8.99. The summed E-state index contributed by atoms with van der Waals surface area (Å²) in [5.74, 6) is -1.08. The van der Waals surface area contributed by atoms with Crippen molar-refractivity contribution in [3.63, 3.8) is 0 Å². The van der Waals surface area contributed by atoms with Crippen LogP contribution in [0, 0.1) is 6.92 Å². The number of carboxylic acids is 1. The van der Waals surface area contributed by atoms with E-state index in [0.717, 1.165) is 5.56 Å². The van der Waals surface area contributed by atoms with Gasteiger partial charge >= 0.3 is 11.7 Å². The maximum absolute atomic E-state index is 11.7. The van der Waals surface area contributed by atoms with Crippen LogP contribution in [-0.4, -0.2) is 20.6 Å². The quantitative estimate of drug-likeness (QED) is 0.883. The van der Waals surface area contributed by atoms with Gasteiger partial charge in [-0.15, -0.1) is 0 Å². The van der Waals surface area contributed by atoms with Gasteiger partial charge in [-0.3, -0.25) is 4.57 Å². The molecule has 0 saturated heterocycles. The van der Waals surface area contributed by atoms with Crippen LogP contribution < -0.4 is 5.69 Å². The Morgan fingerprint density at radius 3 is 2.61 bits per heavy atom. The van der Waals surface area contributed by atoms with E-state index in [1.165, 1.54) is 17.7 Å². The minimum atomic E-state index is -1.08. The molecule has 0 aliphatic carbocycles. The Bertz CT molecular complexity index is 632. The molecule has 1 aromatic carbocycles. The molecular weight excluding hydrogens is 232 g/mol. The van der Waals surface area contributed by atoms with Crippen molar-refractivity contribution >= 4 is 5.97 Å². The Morgan fingerprint density at radius 2 is 2.00 bits per heavy atom. The zero-order chi connectivity index (χ0) is 13.1. The third-order valence-corrected chi connectivity index (χ3v) is 2.61. The number of benzene rings is 1. The molecule has 0 unspecified atom stereocenters. The summed E-state index contributed by atoms with van der Waals surface area (Å²) in [6, 6.07) is 9.34. The monoisotopic (exact) mass is 244 g/mol. The summed E-state index contributed by atoms with van der Waals surface area (Å²) in [6.07, 6.45) is 1.33. The van der Waals surface area contributed by atoms with Gasteiger partial charge in [-0.1, -0.05) is 30.3 Å². The van der Waals surface area contributed by atoms with Crippen LogP contribution in [0.3, 0.4) is 0 Å². The lowest BCUT2D eigenvalue weighted by Gasteiger charge is -2.07. The number of hydrogen-bond donors (Lipinski definition) is 1. The Hall–Kier alpha value is -2.43. The molecule has 1 N–H and O–H groups in total. The van der Waals surface area contributed by atoms with Crippen molar-refractivity contribution in [2.75, 3.05) is 0 Å². The molecule has 5 heteroatoms. The van der Waals surface area contributed by atoms with Gasteiger partial charge in [0.05, 0.1) is 17.8 Å². The topological polar surface area (TPSA) is 72.2 Å². The standard InChI is InChI=1S/C13H12N2O3/c1-9-11(12(16)17)8-15(13(18)14-9)7-10-5-3-2-4-6-10/h2-6,8H,7H2,1H3,(H,16,17). The van der Waals surface area contributed by atoms with Crippen molar-refractivity contribution in [1.82, 2.24) is 9.55 Å². The smallest absolute Gasteiger partial charge is 0.348 e. The fourth-order valence-electron chi connectivity index (χ4n) is 1.68. The molecule has 0 atom stereocenters. The molecule has 1 aromatic heterocycles. The fourth-order valence-corrected chi connectivity index (χ4v) is 1.68. The van der Waals surface area contributed by atoms with Gasteiger partial charge in [0, 0.05) is 6.20 Å². The Morgan fingerprint density at radius 1 is 1.33 bits per heavy atom. The van der Waals surface area contributed by atoms with Gasteiger partial charge in [-0.25, -0.2) is 9.59 Å². The average Bonchev–Trinajstić information content (AvgIpc) is 2.33. The minimum absolute atomic E-state index is 0.0468. The molecule has 0 spiro atoms. The maximum atomic E-state index is 11.7. The highest BCUT2D eigenvalue weighted by Crippen LogP contribution is 2.04. The first-order valence-electron chi connectivity index (χ1n) is 5.43. The summed E-state index contributed by atoms with van der Waals surface area (Å²) in [6.45, 7) is 1.82. The van der Waals surface area contributed by atoms with Gasteiger partial charge in [0.1, 0.15) is 0 Å². The molecule has 0 bridgehead atoms. The molecular formula is C13H12N2O3. The maximum Gasteiger partial charge on any atom is 0.348 e. The summed E-state index contributed by atoms with van der Waals surface area (Å²) < 4.78 is 1.30. The van der Waals surface area contributed by atoms with Crippen LogP contribution in [0.2, 0.25) is 0 Å². The molecule has 92 valence electrons. The van der Waals surface area contributed by atoms with Crippen molar-refractivity contribution in [1.29, 1.82) is 0 Å². The molecule has 0 amide bonds. The number of aryl methyl sites for hydroxylation is 1. The third kappa shape index (κ3) is 2.45. The van der Waals surface area contributed by atoms with Crippen LogP contribution in [0.5, 0.6) is 0 Å². The van der Waals surface area contributed by atoms with Crippen molar-refractivity contribution < 1.29 is 9.90 Å². The predicted molar refractivity (Wildman–Crippen MR) is 65.7 cm³/mol. The Balaban J connectivity index is 2.42. The van der Waals surface area contributed by atoms with Crippen molar-refractivity contribution in [3.05, 3.63) is 63.8 Å². The molecule has 2 rings (SSSR count). The summed E-state index contributed by atoms with van der Waals surface area (Å²) >= 11 is 0. The number of carbonyl (C=O) groups is 1. The minimum Gasteiger partial charge on any atom is -0.478 e. The number of nitrogens with zero attached hydrogens (tertiary/aromatic N) is 2. The number of aromatic nitrogens is 2. The zero-order valence-corrected chi connectivity index (χ0v) is 9.83. The average molecular weight is 244 g/mol. The van der Waals surface area contributed by atoms with E-state index in [-0.39, 0.29) is 11.3 Å². The van der Waals surface area contributed by atoms with Crippen LogP contribution in [0.1, 0.15) is 21.6 Å². The molecule has 0 aliphatic heterocycles. The Kier molecular flexibility index (Phi) is 3.23. The summed E-state index contributed by atoms with van der Waals surface area (Å²) in [7, 11) is 0. The second-order valence-corrected chi connectivity index (χ2v) is 3.94. The number of aromatic carboxylic acids is 1. The lowest BCUT2D eigenvalue weighted by atomic mass is 10.2. The second kappa shape index (κ2) is 4.83. The van der Waals surface area contributed by atoms with Crippen LogP contribution in [-0.2, 0) is 6.54 Å². The lowest BCUT2D eigenvalue weighted by Crippen LogP contribution is -2.26. The first kappa shape index (κ1) is 12.0. The van der Waals surface area contributed by atoms with Crippen LogP contribution >= 0.6 is 0 Å². The predicted octanol–water partition coefficient (Wildman–Crippen LogP) is 1.30. The van der Waals surface area contributed by atoms with E-state index in [4.69, 9.17) is 5.11 Å². The van der Waals surface area contributed by atoms with Gasteiger partial charge in [-0.05, 0) is 12.5 Å². The van der Waals surface area contributed by atoms with Gasteiger partial charge in [0.25, 0.3) is 0 Å². The van der Waals surface area contributed by atoms with Crippen LogP contribution in [0.15, 0.2) is 41.3 Å². The van der Waals surface area contributed by atoms with Crippen LogP contribution in [0.4, 0.5) is 0 Å². The molecule has 0 aliphatic rings. The highest BCUT2D eigenvalue weighted by atomic mass is 16.4. The van der Waals surface area contributed by atoms with Crippen molar-refractivity contribution in [2.24, 2.45) is 0 Å². The second-order valence-electron chi connectivity index (χ2n) is 3.94. The van der Waals surface area contributed by atoms with E-state index in [1.807, 2.05) is 30.3 Å². The van der Waals surface area contributed by atoms with E-state index in [2.05, 4.69) is 4.98 Å². The third-order valence-electron chi connectivity index (χ3n) is 2.61. The SMILES string of the molecule is Cc1nc(=O)n(Cc2ccccc2)cc1C(=O)O. The summed E-state index contributed by atoms with van der Waals surface area (Å²) in [5.41, 5.74) is 0.755. The van der Waals surface area contributed by atoms with Gasteiger partial charge in [0.2, 0.25) is 0 Å². The molecule has 2 aromatic rings. The van der Waals surface area contributed by atoms with E-state index in [0.29, 0.717) is 6.54 Å². The highest BCUT2D eigenvalue weighted by molar-refractivity contribution is 5.88. The van der Waals surface area contributed by atoms with Crippen LogP contribution in [0.25, 0.3) is 0 Å².